The van der Waals surface area contributed by atoms with Gasteiger partial charge in [-0.1, -0.05) is 18.2 Å². The molecule has 0 aliphatic carbocycles. The second-order valence-corrected chi connectivity index (χ2v) is 8.07. The van der Waals surface area contributed by atoms with E-state index in [-0.39, 0.29) is 6.42 Å². The van der Waals surface area contributed by atoms with Crippen molar-refractivity contribution in [2.45, 2.75) is 31.3 Å². The van der Waals surface area contributed by atoms with Gasteiger partial charge in [0.15, 0.2) is 0 Å². The van der Waals surface area contributed by atoms with Gasteiger partial charge < -0.3 is 9.64 Å². The summed E-state index contributed by atoms with van der Waals surface area (Å²) in [5, 5.41) is 1.88. The van der Waals surface area contributed by atoms with Crippen LogP contribution in [0.3, 0.4) is 0 Å². The zero-order valence-corrected chi connectivity index (χ0v) is 16.7. The van der Waals surface area contributed by atoms with Crippen molar-refractivity contribution < 1.29 is 23.9 Å². The first-order valence-corrected chi connectivity index (χ1v) is 10.3. The van der Waals surface area contributed by atoms with Crippen LogP contribution in [0.15, 0.2) is 41.8 Å². The van der Waals surface area contributed by atoms with E-state index in [1.54, 1.807) is 24.3 Å². The minimum atomic E-state index is -1.01. The van der Waals surface area contributed by atoms with Gasteiger partial charge in [-0.2, -0.15) is 0 Å². The quantitative estimate of drug-likeness (QED) is 0.555. The van der Waals surface area contributed by atoms with Crippen LogP contribution in [0.1, 0.15) is 38.4 Å². The molecule has 29 heavy (non-hydrogen) atoms. The summed E-state index contributed by atoms with van der Waals surface area (Å²) in [6, 6.07) is 8.60. The molecule has 0 radical (unpaired) electrons. The molecule has 2 aliphatic rings. The van der Waals surface area contributed by atoms with Gasteiger partial charge in [-0.05, 0) is 36.4 Å². The molecule has 7 nitrogen and oxygen atoms in total. The lowest BCUT2D eigenvalue weighted by Gasteiger charge is -2.31. The van der Waals surface area contributed by atoms with Gasteiger partial charge in [-0.3, -0.25) is 19.3 Å². The van der Waals surface area contributed by atoms with Crippen molar-refractivity contribution in [1.29, 1.82) is 0 Å². The monoisotopic (exact) mass is 412 g/mol. The van der Waals surface area contributed by atoms with Crippen molar-refractivity contribution >= 4 is 35.0 Å². The fraction of sp³-hybridized carbons (Fsp3) is 0.333. The molecule has 1 fully saturated rings. The van der Waals surface area contributed by atoms with Gasteiger partial charge in [0.2, 0.25) is 5.91 Å². The number of likely N-dealkylation sites (tertiary alicyclic amines) is 1. The smallest absolute Gasteiger partial charge is 0.328 e. The van der Waals surface area contributed by atoms with E-state index < -0.39 is 35.8 Å². The summed E-state index contributed by atoms with van der Waals surface area (Å²) in [5.74, 6) is -1.84. The second kappa shape index (κ2) is 7.79. The summed E-state index contributed by atoms with van der Waals surface area (Å²) < 4.78 is 4.84. The van der Waals surface area contributed by atoms with Crippen molar-refractivity contribution in [3.8, 4) is 0 Å². The van der Waals surface area contributed by atoms with Gasteiger partial charge in [0.1, 0.15) is 12.1 Å². The lowest BCUT2D eigenvalue weighted by molar-refractivity contribution is -0.152. The Morgan fingerprint density at radius 1 is 1.14 bits per heavy atom. The van der Waals surface area contributed by atoms with E-state index in [0.717, 1.165) is 9.78 Å². The molecule has 1 aromatic carbocycles. The van der Waals surface area contributed by atoms with Gasteiger partial charge in [0.25, 0.3) is 11.8 Å². The average Bonchev–Trinajstić information content (AvgIpc) is 3.47. The molecule has 2 atom stereocenters. The molecular weight excluding hydrogens is 392 g/mol. The molecule has 150 valence electrons. The SMILES string of the molecule is COC(=O)C1CCCN1C(=O)C(Cc1cccs1)N1C(=O)c2ccccc2C1=O. The average molecular weight is 412 g/mol. The fourth-order valence-electron chi connectivity index (χ4n) is 4.00. The normalized spacial score (nSPS) is 19.4. The van der Waals surface area contributed by atoms with Gasteiger partial charge >= 0.3 is 5.97 Å². The number of methoxy groups -OCH3 is 1. The summed E-state index contributed by atoms with van der Waals surface area (Å²) >= 11 is 1.46. The van der Waals surface area contributed by atoms with Crippen LogP contribution in [-0.2, 0) is 20.7 Å². The molecule has 0 spiro atoms. The first kappa shape index (κ1) is 19.3. The number of carbonyl (C=O) groups excluding carboxylic acids is 4. The number of carbonyl (C=O) groups is 4. The highest BCUT2D eigenvalue weighted by Gasteiger charge is 2.46. The highest BCUT2D eigenvalue weighted by Crippen LogP contribution is 2.29. The van der Waals surface area contributed by atoms with Crippen LogP contribution in [0.25, 0.3) is 0 Å². The highest BCUT2D eigenvalue weighted by molar-refractivity contribution is 7.09. The molecule has 8 heteroatoms. The third kappa shape index (κ3) is 3.33. The molecule has 2 aromatic rings. The lowest BCUT2D eigenvalue weighted by Crippen LogP contribution is -2.54. The molecule has 4 rings (SSSR count). The third-order valence-corrected chi connectivity index (χ3v) is 6.30. The molecule has 2 unspecified atom stereocenters. The van der Waals surface area contributed by atoms with E-state index in [9.17, 15) is 19.2 Å². The first-order valence-electron chi connectivity index (χ1n) is 9.40. The van der Waals surface area contributed by atoms with Gasteiger partial charge in [-0.15, -0.1) is 11.3 Å². The van der Waals surface area contributed by atoms with Crippen molar-refractivity contribution in [3.05, 3.63) is 57.8 Å². The van der Waals surface area contributed by atoms with Crippen molar-refractivity contribution in [3.63, 3.8) is 0 Å². The van der Waals surface area contributed by atoms with Gasteiger partial charge in [-0.25, -0.2) is 4.79 Å². The molecule has 3 amide bonds. The Hall–Kier alpha value is -3.00. The topological polar surface area (TPSA) is 84.0 Å². The van der Waals surface area contributed by atoms with Crippen molar-refractivity contribution in [2.24, 2.45) is 0 Å². The number of fused-ring (bicyclic) bond motifs is 1. The molecule has 1 aromatic heterocycles. The number of rotatable bonds is 5. The predicted octanol–water partition coefficient (Wildman–Crippen LogP) is 2.12. The molecule has 3 heterocycles. The number of nitrogens with zero attached hydrogens (tertiary/aromatic N) is 2. The second-order valence-electron chi connectivity index (χ2n) is 7.04. The number of benzene rings is 1. The summed E-state index contributed by atoms with van der Waals surface area (Å²) in [5.41, 5.74) is 0.597. The molecule has 0 N–H and O–H groups in total. The fourth-order valence-corrected chi connectivity index (χ4v) is 4.75. The molecule has 0 saturated carbocycles. The number of esters is 1. The van der Waals surface area contributed by atoms with Crippen LogP contribution < -0.4 is 0 Å². The first-order chi connectivity index (χ1) is 14.0. The largest absolute Gasteiger partial charge is 0.467 e. The van der Waals surface area contributed by atoms with Crippen LogP contribution in [0.5, 0.6) is 0 Å². The predicted molar refractivity (Wildman–Crippen MR) is 106 cm³/mol. The number of thiophene rings is 1. The Labute approximate surface area is 171 Å². The van der Waals surface area contributed by atoms with Crippen LogP contribution in [0, 0.1) is 0 Å². The van der Waals surface area contributed by atoms with Gasteiger partial charge in [0.05, 0.1) is 18.2 Å². The van der Waals surface area contributed by atoms with Crippen molar-refractivity contribution in [2.75, 3.05) is 13.7 Å². The third-order valence-electron chi connectivity index (χ3n) is 5.41. The summed E-state index contributed by atoms with van der Waals surface area (Å²) in [6.07, 6.45) is 1.39. The number of hydrogen-bond acceptors (Lipinski definition) is 6. The summed E-state index contributed by atoms with van der Waals surface area (Å²) in [7, 11) is 1.29. The minimum absolute atomic E-state index is 0.215. The van der Waals surface area contributed by atoms with Crippen LogP contribution in [0.2, 0.25) is 0 Å². The standard InChI is InChI=1S/C21H20N2O5S/c1-28-21(27)16-9-4-10-22(16)20(26)17(12-13-6-5-11-29-13)23-18(24)14-7-2-3-8-15(14)19(23)25/h2-3,5-8,11,16-17H,4,9-10,12H2,1H3. The Bertz CT molecular complexity index is 936. The van der Waals surface area contributed by atoms with Crippen LogP contribution >= 0.6 is 11.3 Å². The number of hydrogen-bond donors (Lipinski definition) is 0. The Morgan fingerprint density at radius 3 is 2.41 bits per heavy atom. The van der Waals surface area contributed by atoms with Crippen LogP contribution in [-0.4, -0.2) is 59.2 Å². The molecule has 2 aliphatic heterocycles. The maximum atomic E-state index is 13.5. The maximum absolute atomic E-state index is 13.5. The zero-order valence-electron chi connectivity index (χ0n) is 15.9. The number of amides is 3. The van der Waals surface area contributed by atoms with E-state index in [0.29, 0.717) is 30.5 Å². The van der Waals surface area contributed by atoms with E-state index in [4.69, 9.17) is 4.74 Å². The van der Waals surface area contributed by atoms with E-state index in [2.05, 4.69) is 0 Å². The molecular formula is C21H20N2O5S. The summed E-state index contributed by atoms with van der Waals surface area (Å²) in [4.78, 5) is 55.1. The zero-order chi connectivity index (χ0) is 20.5. The van der Waals surface area contributed by atoms with Crippen molar-refractivity contribution in [1.82, 2.24) is 9.80 Å². The Balaban J connectivity index is 1.69. The number of ether oxygens (including phenoxy) is 1. The number of imide groups is 1. The van der Waals surface area contributed by atoms with Crippen LogP contribution in [0.4, 0.5) is 0 Å². The van der Waals surface area contributed by atoms with E-state index in [1.165, 1.54) is 23.3 Å². The molecule has 0 bridgehead atoms. The van der Waals surface area contributed by atoms with Gasteiger partial charge in [0, 0.05) is 17.8 Å². The lowest BCUT2D eigenvalue weighted by atomic mass is 10.1. The molecule has 1 saturated heterocycles. The summed E-state index contributed by atoms with van der Waals surface area (Å²) in [6.45, 7) is 0.392. The van der Waals surface area contributed by atoms with E-state index >= 15 is 0 Å². The minimum Gasteiger partial charge on any atom is -0.467 e. The maximum Gasteiger partial charge on any atom is 0.328 e. The Kier molecular flexibility index (Phi) is 5.19. The highest BCUT2D eigenvalue weighted by atomic mass is 32.1. The van der Waals surface area contributed by atoms with E-state index in [1.807, 2.05) is 17.5 Å². The Morgan fingerprint density at radius 2 is 1.83 bits per heavy atom.